The highest BCUT2D eigenvalue weighted by molar-refractivity contribution is 5.99. The van der Waals surface area contributed by atoms with Crippen molar-refractivity contribution < 1.29 is 0 Å². The molecule has 1 aliphatic rings. The Labute approximate surface area is 90.3 Å². The van der Waals surface area contributed by atoms with E-state index in [1.807, 2.05) is 13.1 Å². The number of rotatable bonds is 4. The summed E-state index contributed by atoms with van der Waals surface area (Å²) in [5, 5.41) is 2.98. The van der Waals surface area contributed by atoms with Crippen LogP contribution in [0, 0.1) is 0 Å². The van der Waals surface area contributed by atoms with Gasteiger partial charge >= 0.3 is 0 Å². The van der Waals surface area contributed by atoms with Gasteiger partial charge in [0.25, 0.3) is 0 Å². The Hall–Kier alpha value is -1.36. The predicted molar refractivity (Wildman–Crippen MR) is 63.5 cm³/mol. The van der Waals surface area contributed by atoms with Crippen molar-refractivity contribution in [3.63, 3.8) is 0 Å². The SMILES string of the molecule is CCCC/C=N\C1=C(C)NC(N)N=C1N. The fourth-order valence-electron chi connectivity index (χ4n) is 1.34. The lowest BCUT2D eigenvalue weighted by Crippen LogP contribution is -2.41. The maximum atomic E-state index is 5.73. The van der Waals surface area contributed by atoms with Crippen molar-refractivity contribution in [3.8, 4) is 0 Å². The quantitative estimate of drug-likeness (QED) is 0.470. The Morgan fingerprint density at radius 2 is 2.33 bits per heavy atom. The number of hydrogen-bond donors (Lipinski definition) is 3. The van der Waals surface area contributed by atoms with Crippen LogP contribution >= 0.6 is 0 Å². The second-order valence-corrected chi connectivity index (χ2v) is 3.53. The van der Waals surface area contributed by atoms with Crippen molar-refractivity contribution in [2.24, 2.45) is 21.5 Å². The second-order valence-electron chi connectivity index (χ2n) is 3.53. The van der Waals surface area contributed by atoms with Crippen LogP contribution in [0.4, 0.5) is 0 Å². The molecular formula is C10H19N5. The molecule has 15 heavy (non-hydrogen) atoms. The maximum absolute atomic E-state index is 5.73. The fourth-order valence-corrected chi connectivity index (χ4v) is 1.34. The molecule has 0 saturated heterocycles. The van der Waals surface area contributed by atoms with Gasteiger partial charge in [0.2, 0.25) is 0 Å². The summed E-state index contributed by atoms with van der Waals surface area (Å²) in [6.07, 6.45) is 4.70. The van der Waals surface area contributed by atoms with Crippen molar-refractivity contribution in [1.82, 2.24) is 5.32 Å². The number of amidine groups is 1. The van der Waals surface area contributed by atoms with Gasteiger partial charge in [-0.05, 0) is 19.8 Å². The molecule has 0 aromatic heterocycles. The Kier molecular flexibility index (Phi) is 4.30. The first kappa shape index (κ1) is 11.7. The first-order valence-electron chi connectivity index (χ1n) is 5.24. The predicted octanol–water partition coefficient (Wildman–Crippen LogP) is 0.682. The van der Waals surface area contributed by atoms with Crippen LogP contribution in [0.15, 0.2) is 21.4 Å². The molecule has 0 amide bonds. The molecule has 0 bridgehead atoms. The molecule has 0 spiro atoms. The van der Waals surface area contributed by atoms with E-state index < -0.39 is 6.29 Å². The minimum absolute atomic E-state index is 0.409. The lowest BCUT2D eigenvalue weighted by molar-refractivity contribution is 0.600. The topological polar surface area (TPSA) is 88.8 Å². The lowest BCUT2D eigenvalue weighted by Gasteiger charge is -2.19. The Bertz CT molecular complexity index is 303. The zero-order valence-electron chi connectivity index (χ0n) is 9.33. The molecule has 1 unspecified atom stereocenters. The summed E-state index contributed by atoms with van der Waals surface area (Å²) in [4.78, 5) is 8.30. The van der Waals surface area contributed by atoms with Crippen molar-refractivity contribution >= 4 is 12.1 Å². The molecule has 0 radical (unpaired) electrons. The van der Waals surface area contributed by atoms with Gasteiger partial charge in [0.1, 0.15) is 11.5 Å². The fraction of sp³-hybridized carbons (Fsp3) is 0.600. The largest absolute Gasteiger partial charge is 0.382 e. The molecule has 84 valence electrons. The second kappa shape index (κ2) is 5.50. The van der Waals surface area contributed by atoms with E-state index >= 15 is 0 Å². The van der Waals surface area contributed by atoms with Crippen LogP contribution < -0.4 is 16.8 Å². The van der Waals surface area contributed by atoms with Crippen LogP contribution in [-0.4, -0.2) is 18.3 Å². The van der Waals surface area contributed by atoms with E-state index in [0.29, 0.717) is 11.5 Å². The van der Waals surface area contributed by atoms with Gasteiger partial charge < -0.3 is 11.1 Å². The molecule has 5 N–H and O–H groups in total. The average Bonchev–Trinajstić information content (AvgIpc) is 2.15. The number of unbranched alkanes of at least 4 members (excludes halogenated alkanes) is 2. The van der Waals surface area contributed by atoms with Crippen molar-refractivity contribution in [1.29, 1.82) is 0 Å². The highest BCUT2D eigenvalue weighted by Gasteiger charge is 2.14. The normalized spacial score (nSPS) is 21.8. The number of nitrogens with one attached hydrogen (secondary N) is 1. The summed E-state index contributed by atoms with van der Waals surface area (Å²) < 4.78 is 0. The molecule has 0 aromatic carbocycles. The molecule has 0 fully saturated rings. The van der Waals surface area contributed by atoms with Crippen LogP contribution in [0.1, 0.15) is 33.1 Å². The first-order chi connectivity index (χ1) is 7.15. The molecular weight excluding hydrogens is 190 g/mol. The van der Waals surface area contributed by atoms with E-state index in [-0.39, 0.29) is 0 Å². The minimum Gasteiger partial charge on any atom is -0.382 e. The lowest BCUT2D eigenvalue weighted by atomic mass is 10.2. The summed E-state index contributed by atoms with van der Waals surface area (Å²) in [7, 11) is 0. The molecule has 1 aliphatic heterocycles. The van der Waals surface area contributed by atoms with Gasteiger partial charge in [-0.3, -0.25) is 10.7 Å². The summed E-state index contributed by atoms with van der Waals surface area (Å²) >= 11 is 0. The minimum atomic E-state index is -0.445. The standard InChI is InChI=1S/C10H19N5/c1-3-4-5-6-13-8-7(2)14-10(12)15-9(8)11/h6,10,14H,3-5,12H2,1-2H3,(H2,11,15)/b13-6-. The Morgan fingerprint density at radius 3 is 2.93 bits per heavy atom. The number of allylic oxidation sites excluding steroid dienone is 1. The highest BCUT2D eigenvalue weighted by Crippen LogP contribution is 2.09. The summed E-state index contributed by atoms with van der Waals surface area (Å²) in [6, 6.07) is 0. The van der Waals surface area contributed by atoms with Gasteiger partial charge in [-0.2, -0.15) is 0 Å². The molecule has 1 heterocycles. The van der Waals surface area contributed by atoms with Gasteiger partial charge in [-0.15, -0.1) is 0 Å². The third-order valence-corrected chi connectivity index (χ3v) is 2.15. The van der Waals surface area contributed by atoms with E-state index in [1.165, 1.54) is 0 Å². The van der Waals surface area contributed by atoms with E-state index in [0.717, 1.165) is 25.0 Å². The van der Waals surface area contributed by atoms with Gasteiger partial charge in [-0.1, -0.05) is 13.3 Å². The molecule has 1 rings (SSSR count). The van der Waals surface area contributed by atoms with Gasteiger partial charge in [0, 0.05) is 11.9 Å². The Morgan fingerprint density at radius 1 is 1.60 bits per heavy atom. The number of nitrogens with two attached hydrogens (primary N) is 2. The summed E-state index contributed by atoms with van der Waals surface area (Å²) in [5.41, 5.74) is 12.9. The highest BCUT2D eigenvalue weighted by atomic mass is 15.2. The molecule has 1 atom stereocenters. The number of hydrogen-bond acceptors (Lipinski definition) is 5. The molecule has 0 aliphatic carbocycles. The smallest absolute Gasteiger partial charge is 0.173 e. The zero-order chi connectivity index (χ0) is 11.3. The van der Waals surface area contributed by atoms with Crippen LogP contribution in [0.25, 0.3) is 0 Å². The molecule has 0 saturated carbocycles. The average molecular weight is 209 g/mol. The van der Waals surface area contributed by atoms with Crippen molar-refractivity contribution in [2.75, 3.05) is 0 Å². The van der Waals surface area contributed by atoms with E-state index in [9.17, 15) is 0 Å². The summed E-state index contributed by atoms with van der Waals surface area (Å²) in [6.45, 7) is 4.04. The molecule has 5 nitrogen and oxygen atoms in total. The summed E-state index contributed by atoms with van der Waals surface area (Å²) in [5.74, 6) is 0.409. The van der Waals surface area contributed by atoms with Crippen molar-refractivity contribution in [3.05, 3.63) is 11.4 Å². The van der Waals surface area contributed by atoms with Crippen LogP contribution in [0.3, 0.4) is 0 Å². The molecule has 5 heteroatoms. The number of nitrogens with zero attached hydrogens (tertiary/aromatic N) is 2. The van der Waals surface area contributed by atoms with E-state index in [1.54, 1.807) is 0 Å². The van der Waals surface area contributed by atoms with Crippen LogP contribution in [-0.2, 0) is 0 Å². The van der Waals surface area contributed by atoms with Gasteiger partial charge in [-0.25, -0.2) is 4.99 Å². The van der Waals surface area contributed by atoms with E-state index in [2.05, 4.69) is 22.2 Å². The first-order valence-corrected chi connectivity index (χ1v) is 5.24. The monoisotopic (exact) mass is 209 g/mol. The van der Waals surface area contributed by atoms with Gasteiger partial charge in [0.05, 0.1) is 0 Å². The van der Waals surface area contributed by atoms with Crippen LogP contribution in [0.5, 0.6) is 0 Å². The number of aliphatic imine (C=N–C) groups is 2. The zero-order valence-corrected chi connectivity index (χ0v) is 9.33. The van der Waals surface area contributed by atoms with Crippen molar-refractivity contribution in [2.45, 2.75) is 39.4 Å². The Balaban J connectivity index is 2.64. The maximum Gasteiger partial charge on any atom is 0.173 e. The van der Waals surface area contributed by atoms with Gasteiger partial charge in [0.15, 0.2) is 6.29 Å². The van der Waals surface area contributed by atoms with Crippen LogP contribution in [0.2, 0.25) is 0 Å². The van der Waals surface area contributed by atoms with E-state index in [4.69, 9.17) is 11.5 Å². The molecule has 0 aromatic rings. The third kappa shape index (κ3) is 3.36. The third-order valence-electron chi connectivity index (χ3n) is 2.15.